The fourth-order valence-corrected chi connectivity index (χ4v) is 5.22. The third-order valence-corrected chi connectivity index (χ3v) is 6.39. The molecule has 0 saturated heterocycles. The fraction of sp³-hybridized carbons (Fsp3) is 0.200. The number of thiophene rings is 1. The van der Waals surface area contributed by atoms with Gasteiger partial charge in [-0.05, 0) is 42.5 Å². The SMILES string of the molecule is COc1ccc(-c2cn3c([nH]c(=O)c4c5c(sc43)CCC5)c2C#N)cc1. The number of aromatic amines is 1. The maximum atomic E-state index is 12.7. The third-order valence-electron chi connectivity index (χ3n) is 5.10. The molecule has 0 radical (unpaired) electrons. The molecular formula is C20H15N3O2S. The van der Waals surface area contributed by atoms with Crippen LogP contribution in [0, 0.1) is 11.3 Å². The van der Waals surface area contributed by atoms with E-state index in [1.807, 2.05) is 34.9 Å². The van der Waals surface area contributed by atoms with Crippen LogP contribution in [-0.4, -0.2) is 16.5 Å². The van der Waals surface area contributed by atoms with Gasteiger partial charge in [-0.3, -0.25) is 9.20 Å². The first-order valence-corrected chi connectivity index (χ1v) is 9.29. The maximum Gasteiger partial charge on any atom is 0.260 e. The van der Waals surface area contributed by atoms with Crippen LogP contribution < -0.4 is 10.3 Å². The lowest BCUT2D eigenvalue weighted by molar-refractivity contribution is 0.415. The van der Waals surface area contributed by atoms with Crippen molar-refractivity contribution in [1.29, 1.82) is 5.26 Å². The Bertz CT molecular complexity index is 1270. The second-order valence-electron chi connectivity index (χ2n) is 6.47. The molecule has 0 saturated carbocycles. The Hall–Kier alpha value is -3.04. The predicted molar refractivity (Wildman–Crippen MR) is 102 cm³/mol. The van der Waals surface area contributed by atoms with Crippen LogP contribution in [0.15, 0.2) is 35.3 Å². The molecule has 26 heavy (non-hydrogen) atoms. The summed E-state index contributed by atoms with van der Waals surface area (Å²) in [5.74, 6) is 0.765. The average Bonchev–Trinajstić information content (AvgIpc) is 3.33. The highest BCUT2D eigenvalue weighted by Crippen LogP contribution is 2.37. The van der Waals surface area contributed by atoms with Gasteiger partial charge in [-0.15, -0.1) is 11.3 Å². The van der Waals surface area contributed by atoms with E-state index in [0.717, 1.165) is 46.4 Å². The summed E-state index contributed by atoms with van der Waals surface area (Å²) in [4.78, 5) is 17.9. The lowest BCUT2D eigenvalue weighted by Gasteiger charge is -2.01. The fourth-order valence-electron chi connectivity index (χ4n) is 3.86. The Morgan fingerprint density at radius 2 is 2.08 bits per heavy atom. The lowest BCUT2D eigenvalue weighted by atomic mass is 10.1. The molecular weight excluding hydrogens is 346 g/mol. The molecule has 0 aliphatic heterocycles. The smallest absolute Gasteiger partial charge is 0.260 e. The number of hydrogen-bond acceptors (Lipinski definition) is 4. The quantitative estimate of drug-likeness (QED) is 0.589. The summed E-state index contributed by atoms with van der Waals surface area (Å²) < 4.78 is 7.18. The van der Waals surface area contributed by atoms with Gasteiger partial charge < -0.3 is 9.72 Å². The van der Waals surface area contributed by atoms with Crippen LogP contribution in [0.3, 0.4) is 0 Å². The van der Waals surface area contributed by atoms with Gasteiger partial charge >= 0.3 is 0 Å². The number of fused-ring (bicyclic) bond motifs is 5. The van der Waals surface area contributed by atoms with Crippen LogP contribution in [0.2, 0.25) is 0 Å². The van der Waals surface area contributed by atoms with E-state index in [9.17, 15) is 10.1 Å². The Morgan fingerprint density at radius 3 is 2.81 bits per heavy atom. The van der Waals surface area contributed by atoms with Crippen molar-refractivity contribution in [3.8, 4) is 22.9 Å². The largest absolute Gasteiger partial charge is 0.497 e. The number of rotatable bonds is 2. The number of benzene rings is 1. The van der Waals surface area contributed by atoms with Gasteiger partial charge in [-0.1, -0.05) is 12.1 Å². The Balaban J connectivity index is 1.84. The Kier molecular flexibility index (Phi) is 3.21. The lowest BCUT2D eigenvalue weighted by Crippen LogP contribution is -2.09. The van der Waals surface area contributed by atoms with Crippen molar-refractivity contribution in [2.75, 3.05) is 7.11 Å². The second kappa shape index (κ2) is 5.48. The van der Waals surface area contributed by atoms with Gasteiger partial charge in [-0.2, -0.15) is 5.26 Å². The Labute approximate surface area is 153 Å². The zero-order valence-corrected chi connectivity index (χ0v) is 14.9. The molecule has 6 heteroatoms. The first kappa shape index (κ1) is 15.2. The van der Waals surface area contributed by atoms with Gasteiger partial charge in [0.1, 0.15) is 27.9 Å². The van der Waals surface area contributed by atoms with E-state index in [1.165, 1.54) is 10.4 Å². The van der Waals surface area contributed by atoms with E-state index in [-0.39, 0.29) is 5.56 Å². The molecule has 4 aromatic rings. The number of nitrogens with zero attached hydrogens (tertiary/aromatic N) is 2. The number of aryl methyl sites for hydroxylation is 2. The molecule has 1 aliphatic carbocycles. The number of hydrogen-bond donors (Lipinski definition) is 1. The van der Waals surface area contributed by atoms with Crippen molar-refractivity contribution in [2.45, 2.75) is 19.3 Å². The van der Waals surface area contributed by atoms with E-state index in [2.05, 4.69) is 11.1 Å². The zero-order chi connectivity index (χ0) is 17.8. The number of H-pyrrole nitrogens is 1. The molecule has 0 spiro atoms. The highest BCUT2D eigenvalue weighted by atomic mass is 32.1. The van der Waals surface area contributed by atoms with Gasteiger partial charge in [0.15, 0.2) is 0 Å². The molecule has 5 nitrogen and oxygen atoms in total. The highest BCUT2D eigenvalue weighted by molar-refractivity contribution is 7.19. The van der Waals surface area contributed by atoms with Crippen LogP contribution in [-0.2, 0) is 12.8 Å². The number of methoxy groups -OCH3 is 1. The van der Waals surface area contributed by atoms with Crippen molar-refractivity contribution < 1.29 is 4.74 Å². The predicted octanol–water partition coefficient (Wildman–Crippen LogP) is 3.88. The first-order valence-electron chi connectivity index (χ1n) is 8.47. The van der Waals surface area contributed by atoms with Crippen molar-refractivity contribution in [3.63, 3.8) is 0 Å². The van der Waals surface area contributed by atoms with Crippen LogP contribution in [0.1, 0.15) is 22.4 Å². The molecule has 3 heterocycles. The van der Waals surface area contributed by atoms with E-state index >= 15 is 0 Å². The molecule has 0 unspecified atom stereocenters. The van der Waals surface area contributed by atoms with Gasteiger partial charge in [0.2, 0.25) is 0 Å². The summed E-state index contributed by atoms with van der Waals surface area (Å²) >= 11 is 1.68. The second-order valence-corrected chi connectivity index (χ2v) is 7.55. The van der Waals surface area contributed by atoms with E-state index in [0.29, 0.717) is 11.2 Å². The van der Waals surface area contributed by atoms with Crippen LogP contribution in [0.25, 0.3) is 27.0 Å². The zero-order valence-electron chi connectivity index (χ0n) is 14.1. The summed E-state index contributed by atoms with van der Waals surface area (Å²) in [7, 11) is 1.62. The molecule has 3 aromatic heterocycles. The summed E-state index contributed by atoms with van der Waals surface area (Å²) in [6.45, 7) is 0. The van der Waals surface area contributed by atoms with Crippen molar-refractivity contribution >= 4 is 27.2 Å². The van der Waals surface area contributed by atoms with Gasteiger partial charge in [-0.25, -0.2) is 0 Å². The molecule has 1 aliphatic rings. The average molecular weight is 361 g/mol. The molecule has 0 atom stereocenters. The van der Waals surface area contributed by atoms with Crippen LogP contribution >= 0.6 is 11.3 Å². The number of nitrogens with one attached hydrogen (secondary N) is 1. The van der Waals surface area contributed by atoms with Crippen molar-refractivity contribution in [1.82, 2.24) is 9.38 Å². The van der Waals surface area contributed by atoms with E-state index in [1.54, 1.807) is 18.4 Å². The summed E-state index contributed by atoms with van der Waals surface area (Å²) in [6, 6.07) is 9.87. The van der Waals surface area contributed by atoms with Crippen molar-refractivity contribution in [3.05, 3.63) is 56.8 Å². The third kappa shape index (κ3) is 1.98. The molecule has 0 bridgehead atoms. The highest BCUT2D eigenvalue weighted by Gasteiger charge is 2.23. The minimum absolute atomic E-state index is 0.0946. The van der Waals surface area contributed by atoms with Gasteiger partial charge in [0.05, 0.1) is 12.5 Å². The van der Waals surface area contributed by atoms with Gasteiger partial charge in [0.25, 0.3) is 5.56 Å². The minimum atomic E-state index is -0.0946. The molecule has 128 valence electrons. The summed E-state index contributed by atoms with van der Waals surface area (Å²) in [6.07, 6.45) is 5.06. The van der Waals surface area contributed by atoms with E-state index < -0.39 is 0 Å². The maximum absolute atomic E-state index is 12.7. The summed E-state index contributed by atoms with van der Waals surface area (Å²) in [5, 5.41) is 10.5. The molecule has 1 N–H and O–H groups in total. The number of ether oxygens (including phenoxy) is 1. The number of nitriles is 1. The van der Waals surface area contributed by atoms with Crippen LogP contribution in [0.4, 0.5) is 0 Å². The molecule has 0 amide bonds. The molecule has 5 rings (SSSR count). The minimum Gasteiger partial charge on any atom is -0.497 e. The number of aromatic nitrogens is 2. The Morgan fingerprint density at radius 1 is 1.27 bits per heavy atom. The van der Waals surface area contributed by atoms with Gasteiger partial charge in [0, 0.05) is 16.6 Å². The van der Waals surface area contributed by atoms with E-state index in [4.69, 9.17) is 4.74 Å². The first-order chi connectivity index (χ1) is 12.7. The normalized spacial score (nSPS) is 13.2. The van der Waals surface area contributed by atoms with Crippen molar-refractivity contribution in [2.24, 2.45) is 0 Å². The standard InChI is InChI=1S/C20H15N3O2S/c1-25-12-7-5-11(6-8-12)15-10-23-18(14(15)9-21)22-19(24)17-13-3-2-4-16(13)26-20(17)23/h5-8,10H,2-4H2,1H3,(H,22,24). The molecule has 0 fully saturated rings. The monoisotopic (exact) mass is 361 g/mol. The molecule has 1 aromatic carbocycles. The van der Waals surface area contributed by atoms with Crippen LogP contribution in [0.5, 0.6) is 5.75 Å². The topological polar surface area (TPSA) is 70.3 Å². The summed E-state index contributed by atoms with van der Waals surface area (Å²) in [5.41, 5.74) is 3.88.